The van der Waals surface area contributed by atoms with Gasteiger partial charge in [0.05, 0.1) is 19.0 Å². The zero-order valence-corrected chi connectivity index (χ0v) is 6.66. The zero-order chi connectivity index (χ0) is 8.10. The van der Waals surface area contributed by atoms with Crippen LogP contribution in [0.5, 0.6) is 5.88 Å². The molecule has 0 radical (unpaired) electrons. The van der Waals surface area contributed by atoms with Crippen LogP contribution in [0.1, 0.15) is 5.69 Å². The molecule has 4 heteroatoms. The summed E-state index contributed by atoms with van der Waals surface area (Å²) in [6, 6.07) is 0. The Morgan fingerprint density at radius 2 is 2.36 bits per heavy atom. The first-order valence-electron chi connectivity index (χ1n) is 3.36. The van der Waals surface area contributed by atoms with Gasteiger partial charge in [-0.3, -0.25) is 4.98 Å². The second kappa shape index (κ2) is 3.88. The fourth-order valence-corrected chi connectivity index (χ4v) is 0.751. The summed E-state index contributed by atoms with van der Waals surface area (Å²) in [4.78, 5) is 8.08. The summed E-state index contributed by atoms with van der Waals surface area (Å²) in [7, 11) is 3.44. The molecule has 0 aliphatic rings. The smallest absolute Gasteiger partial charge is 0.232 e. The summed E-state index contributed by atoms with van der Waals surface area (Å²) in [6.45, 7) is 0.713. The van der Waals surface area contributed by atoms with Gasteiger partial charge in [0.25, 0.3) is 0 Å². The van der Waals surface area contributed by atoms with E-state index in [-0.39, 0.29) is 0 Å². The molecule has 1 aromatic rings. The molecule has 0 saturated carbocycles. The first-order valence-corrected chi connectivity index (χ1v) is 3.36. The zero-order valence-electron chi connectivity index (χ0n) is 6.66. The Balaban J connectivity index is 2.74. The van der Waals surface area contributed by atoms with E-state index in [1.165, 1.54) is 0 Å². The van der Waals surface area contributed by atoms with E-state index >= 15 is 0 Å². The minimum Gasteiger partial charge on any atom is -0.480 e. The van der Waals surface area contributed by atoms with Crippen LogP contribution in [0.2, 0.25) is 0 Å². The lowest BCUT2D eigenvalue weighted by Crippen LogP contribution is -2.07. The van der Waals surface area contributed by atoms with E-state index < -0.39 is 0 Å². The fourth-order valence-electron chi connectivity index (χ4n) is 0.751. The third-order valence-electron chi connectivity index (χ3n) is 1.23. The maximum absolute atomic E-state index is 4.90. The quantitative estimate of drug-likeness (QED) is 0.674. The lowest BCUT2D eigenvalue weighted by Gasteiger charge is -2.00. The molecule has 0 spiro atoms. The maximum atomic E-state index is 4.90. The van der Waals surface area contributed by atoms with Gasteiger partial charge in [0.2, 0.25) is 5.88 Å². The molecule has 0 atom stereocenters. The van der Waals surface area contributed by atoms with E-state index in [9.17, 15) is 0 Å². The third-order valence-corrected chi connectivity index (χ3v) is 1.23. The molecule has 60 valence electrons. The van der Waals surface area contributed by atoms with Gasteiger partial charge in [0.1, 0.15) is 0 Å². The van der Waals surface area contributed by atoms with E-state index in [2.05, 4.69) is 15.3 Å². The Bertz CT molecular complexity index is 227. The number of nitrogens with zero attached hydrogens (tertiary/aromatic N) is 2. The summed E-state index contributed by atoms with van der Waals surface area (Å²) in [5.74, 6) is 0.553. The normalized spacial score (nSPS) is 9.64. The highest BCUT2D eigenvalue weighted by Crippen LogP contribution is 2.02. The van der Waals surface area contributed by atoms with Crippen LogP contribution in [0.15, 0.2) is 12.4 Å². The number of aromatic nitrogens is 2. The largest absolute Gasteiger partial charge is 0.480 e. The van der Waals surface area contributed by atoms with Gasteiger partial charge in [0.15, 0.2) is 0 Å². The molecular formula is C7H11N3O. The number of hydrogen-bond donors (Lipinski definition) is 1. The predicted octanol–water partition coefficient (Wildman–Crippen LogP) is 0.205. The second-order valence-corrected chi connectivity index (χ2v) is 2.08. The van der Waals surface area contributed by atoms with Crippen molar-refractivity contribution >= 4 is 0 Å². The Labute approximate surface area is 65.6 Å². The highest BCUT2D eigenvalue weighted by molar-refractivity contribution is 5.07. The summed E-state index contributed by atoms with van der Waals surface area (Å²) in [6.07, 6.45) is 3.29. The Kier molecular flexibility index (Phi) is 2.80. The summed E-state index contributed by atoms with van der Waals surface area (Å²) < 4.78 is 4.90. The van der Waals surface area contributed by atoms with Gasteiger partial charge in [-0.1, -0.05) is 0 Å². The molecule has 0 fully saturated rings. The minimum atomic E-state index is 0.553. The molecule has 0 aromatic carbocycles. The number of methoxy groups -OCH3 is 1. The van der Waals surface area contributed by atoms with Crippen LogP contribution >= 0.6 is 0 Å². The predicted molar refractivity (Wildman–Crippen MR) is 41.3 cm³/mol. The van der Waals surface area contributed by atoms with Crippen molar-refractivity contribution in [3.05, 3.63) is 18.1 Å². The highest BCUT2D eigenvalue weighted by atomic mass is 16.5. The molecule has 0 bridgehead atoms. The van der Waals surface area contributed by atoms with Crippen molar-refractivity contribution in [1.29, 1.82) is 0 Å². The number of ether oxygens (including phenoxy) is 1. The number of hydrogen-bond acceptors (Lipinski definition) is 4. The van der Waals surface area contributed by atoms with E-state index in [0.717, 1.165) is 5.69 Å². The molecule has 1 N–H and O–H groups in total. The van der Waals surface area contributed by atoms with Crippen LogP contribution in [0.3, 0.4) is 0 Å². The van der Waals surface area contributed by atoms with Crippen molar-refractivity contribution < 1.29 is 4.74 Å². The third kappa shape index (κ3) is 2.16. The molecule has 0 unspecified atom stereocenters. The topological polar surface area (TPSA) is 47.0 Å². The lowest BCUT2D eigenvalue weighted by atomic mass is 10.4. The van der Waals surface area contributed by atoms with Crippen LogP contribution in [0.4, 0.5) is 0 Å². The van der Waals surface area contributed by atoms with Gasteiger partial charge >= 0.3 is 0 Å². The highest BCUT2D eigenvalue weighted by Gasteiger charge is 1.95. The van der Waals surface area contributed by atoms with Crippen LogP contribution in [0, 0.1) is 0 Å². The summed E-state index contributed by atoms with van der Waals surface area (Å²) in [5.41, 5.74) is 0.881. The van der Waals surface area contributed by atoms with Crippen molar-refractivity contribution in [3.63, 3.8) is 0 Å². The van der Waals surface area contributed by atoms with Gasteiger partial charge < -0.3 is 10.1 Å². The SMILES string of the molecule is CNCc1cncc(OC)n1. The molecule has 0 saturated heterocycles. The Morgan fingerprint density at radius 3 is 3.00 bits per heavy atom. The lowest BCUT2D eigenvalue weighted by molar-refractivity contribution is 0.393. The average Bonchev–Trinajstić information content (AvgIpc) is 2.06. The maximum Gasteiger partial charge on any atom is 0.232 e. The molecular weight excluding hydrogens is 142 g/mol. The number of rotatable bonds is 3. The van der Waals surface area contributed by atoms with Gasteiger partial charge in [0, 0.05) is 12.7 Å². The first kappa shape index (κ1) is 7.94. The van der Waals surface area contributed by atoms with E-state index in [4.69, 9.17) is 4.74 Å². The van der Waals surface area contributed by atoms with Crippen molar-refractivity contribution in [2.24, 2.45) is 0 Å². The molecule has 11 heavy (non-hydrogen) atoms. The van der Waals surface area contributed by atoms with Gasteiger partial charge in [-0.05, 0) is 7.05 Å². The minimum absolute atomic E-state index is 0.553. The molecule has 1 aromatic heterocycles. The molecule has 1 rings (SSSR count). The summed E-state index contributed by atoms with van der Waals surface area (Å²) in [5, 5.41) is 2.98. The Hall–Kier alpha value is -1.16. The fraction of sp³-hybridized carbons (Fsp3) is 0.429. The number of nitrogens with one attached hydrogen (secondary N) is 1. The summed E-state index contributed by atoms with van der Waals surface area (Å²) >= 11 is 0. The molecule has 4 nitrogen and oxygen atoms in total. The monoisotopic (exact) mass is 153 g/mol. The Morgan fingerprint density at radius 1 is 1.55 bits per heavy atom. The molecule has 0 aliphatic carbocycles. The standard InChI is InChI=1S/C7H11N3O/c1-8-3-6-4-9-5-7(10-6)11-2/h4-5,8H,3H2,1-2H3. The van der Waals surface area contributed by atoms with E-state index in [1.54, 1.807) is 19.5 Å². The molecule has 0 aliphatic heterocycles. The van der Waals surface area contributed by atoms with Gasteiger partial charge in [-0.25, -0.2) is 4.98 Å². The van der Waals surface area contributed by atoms with Gasteiger partial charge in [-0.15, -0.1) is 0 Å². The van der Waals surface area contributed by atoms with E-state index in [1.807, 2.05) is 7.05 Å². The van der Waals surface area contributed by atoms with Crippen molar-refractivity contribution in [1.82, 2.24) is 15.3 Å². The van der Waals surface area contributed by atoms with Crippen molar-refractivity contribution in [2.75, 3.05) is 14.2 Å². The van der Waals surface area contributed by atoms with Crippen molar-refractivity contribution in [3.8, 4) is 5.88 Å². The average molecular weight is 153 g/mol. The first-order chi connectivity index (χ1) is 5.36. The van der Waals surface area contributed by atoms with Crippen molar-refractivity contribution in [2.45, 2.75) is 6.54 Å². The van der Waals surface area contributed by atoms with Crippen LogP contribution in [-0.4, -0.2) is 24.1 Å². The van der Waals surface area contributed by atoms with Gasteiger partial charge in [-0.2, -0.15) is 0 Å². The second-order valence-electron chi connectivity index (χ2n) is 2.08. The molecule has 1 heterocycles. The van der Waals surface area contributed by atoms with E-state index in [0.29, 0.717) is 12.4 Å². The molecule has 0 amide bonds. The van der Waals surface area contributed by atoms with Crippen LogP contribution < -0.4 is 10.1 Å². The van der Waals surface area contributed by atoms with Crippen LogP contribution in [-0.2, 0) is 6.54 Å². The van der Waals surface area contributed by atoms with Crippen LogP contribution in [0.25, 0.3) is 0 Å².